The van der Waals surface area contributed by atoms with E-state index in [9.17, 15) is 18.8 Å². The maximum absolute atomic E-state index is 13.9. The Kier molecular flexibility index (Phi) is 5.14. The molecule has 1 heterocycles. The SMILES string of the molecule is CCC1(c2ccccc2)NC(=O)N(CC(=O)Nc2cccc(Cl)c2F)C1=O. The minimum Gasteiger partial charge on any atom is -0.322 e. The lowest BCUT2D eigenvalue weighted by Crippen LogP contribution is -2.44. The molecule has 140 valence electrons. The highest BCUT2D eigenvalue weighted by Crippen LogP contribution is 2.32. The number of hydrogen-bond donors (Lipinski definition) is 2. The molecule has 6 nitrogen and oxygen atoms in total. The predicted molar refractivity (Wildman–Crippen MR) is 98.7 cm³/mol. The van der Waals surface area contributed by atoms with Gasteiger partial charge >= 0.3 is 6.03 Å². The van der Waals surface area contributed by atoms with Crippen molar-refractivity contribution in [2.75, 3.05) is 11.9 Å². The third kappa shape index (κ3) is 3.38. The van der Waals surface area contributed by atoms with E-state index in [-0.39, 0.29) is 10.7 Å². The Morgan fingerprint density at radius 2 is 1.89 bits per heavy atom. The lowest BCUT2D eigenvalue weighted by atomic mass is 9.87. The number of hydrogen-bond acceptors (Lipinski definition) is 3. The van der Waals surface area contributed by atoms with E-state index in [1.807, 2.05) is 0 Å². The van der Waals surface area contributed by atoms with Crippen molar-refractivity contribution in [2.45, 2.75) is 18.9 Å². The van der Waals surface area contributed by atoms with Crippen LogP contribution in [0.5, 0.6) is 0 Å². The molecule has 27 heavy (non-hydrogen) atoms. The fourth-order valence-corrected chi connectivity index (χ4v) is 3.24. The molecule has 1 fully saturated rings. The minimum absolute atomic E-state index is 0.121. The lowest BCUT2D eigenvalue weighted by molar-refractivity contribution is -0.134. The topological polar surface area (TPSA) is 78.5 Å². The van der Waals surface area contributed by atoms with Crippen LogP contribution in [-0.4, -0.2) is 29.3 Å². The van der Waals surface area contributed by atoms with E-state index in [1.54, 1.807) is 37.3 Å². The van der Waals surface area contributed by atoms with Crippen LogP contribution in [0.3, 0.4) is 0 Å². The first-order valence-electron chi connectivity index (χ1n) is 8.32. The number of halogens is 2. The van der Waals surface area contributed by atoms with E-state index in [0.29, 0.717) is 12.0 Å². The number of urea groups is 1. The zero-order valence-electron chi connectivity index (χ0n) is 14.5. The molecule has 4 amide bonds. The van der Waals surface area contributed by atoms with Crippen molar-refractivity contribution in [1.29, 1.82) is 0 Å². The van der Waals surface area contributed by atoms with Crippen molar-refractivity contribution in [3.8, 4) is 0 Å². The predicted octanol–water partition coefficient (Wildman–Crippen LogP) is 3.27. The van der Waals surface area contributed by atoms with Crippen LogP contribution >= 0.6 is 11.6 Å². The first-order valence-corrected chi connectivity index (χ1v) is 8.70. The summed E-state index contributed by atoms with van der Waals surface area (Å²) in [5, 5.41) is 4.88. The quantitative estimate of drug-likeness (QED) is 0.770. The van der Waals surface area contributed by atoms with Gasteiger partial charge in [-0.15, -0.1) is 0 Å². The molecule has 2 aromatic carbocycles. The first-order chi connectivity index (χ1) is 12.9. The summed E-state index contributed by atoms with van der Waals surface area (Å²) in [5.41, 5.74) is -0.709. The summed E-state index contributed by atoms with van der Waals surface area (Å²) < 4.78 is 13.9. The molecule has 0 saturated carbocycles. The van der Waals surface area contributed by atoms with Crippen LogP contribution in [0.2, 0.25) is 5.02 Å². The highest BCUT2D eigenvalue weighted by atomic mass is 35.5. The summed E-state index contributed by atoms with van der Waals surface area (Å²) in [6, 6.07) is 12.3. The molecule has 1 unspecified atom stereocenters. The number of benzene rings is 2. The Bertz CT molecular complexity index is 906. The normalized spacial score (nSPS) is 19.1. The van der Waals surface area contributed by atoms with E-state index in [4.69, 9.17) is 11.6 Å². The summed E-state index contributed by atoms with van der Waals surface area (Å²) in [6.07, 6.45) is 0.322. The standard InChI is InChI=1S/C19H17ClFN3O3/c1-2-19(12-7-4-3-5-8-12)17(26)24(18(27)23-19)11-15(25)22-14-10-6-9-13(20)16(14)21/h3-10H,2,11H2,1H3,(H,22,25)(H,23,27). The molecule has 0 aliphatic carbocycles. The van der Waals surface area contributed by atoms with E-state index < -0.39 is 35.7 Å². The summed E-state index contributed by atoms with van der Waals surface area (Å²) in [5.74, 6) is -2.01. The summed E-state index contributed by atoms with van der Waals surface area (Å²) in [7, 11) is 0. The number of nitrogens with one attached hydrogen (secondary N) is 2. The minimum atomic E-state index is -1.22. The van der Waals surface area contributed by atoms with Gasteiger partial charge in [0.05, 0.1) is 10.7 Å². The molecule has 2 N–H and O–H groups in total. The zero-order valence-corrected chi connectivity index (χ0v) is 15.2. The summed E-state index contributed by atoms with van der Waals surface area (Å²) in [4.78, 5) is 38.4. The van der Waals surface area contributed by atoms with Gasteiger partial charge < -0.3 is 10.6 Å². The Morgan fingerprint density at radius 3 is 2.56 bits per heavy atom. The Balaban J connectivity index is 1.79. The molecule has 0 bridgehead atoms. The van der Waals surface area contributed by atoms with Gasteiger partial charge in [0.1, 0.15) is 12.1 Å². The fraction of sp³-hybridized carbons (Fsp3) is 0.211. The van der Waals surface area contributed by atoms with E-state index in [1.165, 1.54) is 18.2 Å². The van der Waals surface area contributed by atoms with Crippen LogP contribution in [0, 0.1) is 5.82 Å². The van der Waals surface area contributed by atoms with Crippen LogP contribution in [-0.2, 0) is 15.1 Å². The van der Waals surface area contributed by atoms with Crippen LogP contribution < -0.4 is 10.6 Å². The molecule has 2 aromatic rings. The van der Waals surface area contributed by atoms with Crippen molar-refractivity contribution in [1.82, 2.24) is 10.2 Å². The highest BCUT2D eigenvalue weighted by Gasteiger charge is 2.51. The highest BCUT2D eigenvalue weighted by molar-refractivity contribution is 6.31. The summed E-state index contributed by atoms with van der Waals surface area (Å²) in [6.45, 7) is 1.24. The Morgan fingerprint density at radius 1 is 1.19 bits per heavy atom. The van der Waals surface area contributed by atoms with Crippen LogP contribution in [0.1, 0.15) is 18.9 Å². The van der Waals surface area contributed by atoms with Gasteiger partial charge in [0.2, 0.25) is 5.91 Å². The molecule has 3 rings (SSSR count). The Labute approximate surface area is 160 Å². The molecule has 1 atom stereocenters. The number of carbonyl (C=O) groups is 3. The van der Waals surface area contributed by atoms with Crippen molar-refractivity contribution in [3.05, 3.63) is 64.9 Å². The van der Waals surface area contributed by atoms with Crippen molar-refractivity contribution in [3.63, 3.8) is 0 Å². The number of imide groups is 1. The molecule has 0 spiro atoms. The molecule has 1 aliphatic rings. The maximum Gasteiger partial charge on any atom is 0.325 e. The molecule has 1 aliphatic heterocycles. The second-order valence-electron chi connectivity index (χ2n) is 6.10. The maximum atomic E-state index is 13.9. The van der Waals surface area contributed by atoms with Crippen LogP contribution in [0.25, 0.3) is 0 Å². The summed E-state index contributed by atoms with van der Waals surface area (Å²) >= 11 is 5.68. The average molecular weight is 390 g/mol. The van der Waals surface area contributed by atoms with Gasteiger partial charge in [-0.2, -0.15) is 0 Å². The average Bonchev–Trinajstić information content (AvgIpc) is 2.91. The first kappa shape index (κ1) is 18.8. The van der Waals surface area contributed by atoms with E-state index in [2.05, 4.69) is 10.6 Å². The molecular formula is C19H17ClFN3O3. The second-order valence-corrected chi connectivity index (χ2v) is 6.50. The van der Waals surface area contributed by atoms with Gasteiger partial charge in [-0.1, -0.05) is 54.9 Å². The smallest absolute Gasteiger partial charge is 0.322 e. The zero-order chi connectivity index (χ0) is 19.6. The van der Waals surface area contributed by atoms with Gasteiger partial charge in [0.15, 0.2) is 5.82 Å². The second kappa shape index (κ2) is 7.36. The lowest BCUT2D eigenvalue weighted by Gasteiger charge is -2.25. The van der Waals surface area contributed by atoms with E-state index in [0.717, 1.165) is 4.90 Å². The molecule has 8 heteroatoms. The monoisotopic (exact) mass is 389 g/mol. The van der Waals surface area contributed by atoms with Gasteiger partial charge in [0.25, 0.3) is 5.91 Å². The number of anilines is 1. The molecular weight excluding hydrogens is 373 g/mol. The van der Waals surface area contributed by atoms with Crippen molar-refractivity contribution in [2.24, 2.45) is 0 Å². The van der Waals surface area contributed by atoms with Crippen molar-refractivity contribution >= 4 is 35.1 Å². The van der Waals surface area contributed by atoms with Crippen LogP contribution in [0.15, 0.2) is 48.5 Å². The van der Waals surface area contributed by atoms with E-state index >= 15 is 0 Å². The largest absolute Gasteiger partial charge is 0.325 e. The van der Waals surface area contributed by atoms with Gasteiger partial charge in [0, 0.05) is 0 Å². The van der Waals surface area contributed by atoms with Gasteiger partial charge in [-0.25, -0.2) is 9.18 Å². The van der Waals surface area contributed by atoms with Gasteiger partial charge in [-0.3, -0.25) is 14.5 Å². The molecule has 0 radical (unpaired) electrons. The number of nitrogens with zero attached hydrogens (tertiary/aromatic N) is 1. The molecule has 1 saturated heterocycles. The molecule has 0 aromatic heterocycles. The Hall–Kier alpha value is -2.93. The van der Waals surface area contributed by atoms with Crippen molar-refractivity contribution < 1.29 is 18.8 Å². The third-order valence-electron chi connectivity index (χ3n) is 4.50. The fourth-order valence-electron chi connectivity index (χ4n) is 3.07. The third-order valence-corrected chi connectivity index (χ3v) is 4.79. The van der Waals surface area contributed by atoms with Gasteiger partial charge in [-0.05, 0) is 24.1 Å². The number of rotatable bonds is 5. The number of carbonyl (C=O) groups excluding carboxylic acids is 3. The van der Waals surface area contributed by atoms with Crippen LogP contribution in [0.4, 0.5) is 14.9 Å². The number of amides is 4.